The molecular formula is C17H16N4O4S. The Balaban J connectivity index is 1.59. The smallest absolute Gasteiger partial charge is 0.265 e. The second-order valence-electron chi connectivity index (χ2n) is 5.19. The predicted molar refractivity (Wildman–Crippen MR) is 97.5 cm³/mol. The minimum Gasteiger partial charge on any atom is -0.493 e. The van der Waals surface area contributed by atoms with E-state index in [4.69, 9.17) is 15.2 Å². The molecule has 0 atom stereocenters. The summed E-state index contributed by atoms with van der Waals surface area (Å²) in [5, 5.41) is 4.87. The van der Waals surface area contributed by atoms with E-state index in [0.29, 0.717) is 33.6 Å². The van der Waals surface area contributed by atoms with Crippen molar-refractivity contribution >= 4 is 28.3 Å². The molecule has 3 rings (SSSR count). The zero-order valence-electron chi connectivity index (χ0n) is 13.8. The molecule has 0 saturated heterocycles. The molecule has 2 amide bonds. The van der Waals surface area contributed by atoms with E-state index < -0.39 is 5.91 Å². The molecule has 1 aromatic carbocycles. The van der Waals surface area contributed by atoms with Crippen molar-refractivity contribution in [2.45, 2.75) is 0 Å². The Morgan fingerprint density at radius 2 is 2.08 bits per heavy atom. The molecule has 0 saturated carbocycles. The Hall–Kier alpha value is -3.33. The number of aromatic nitrogens is 2. The number of anilines is 1. The topological polar surface area (TPSA) is 119 Å². The first-order valence-corrected chi connectivity index (χ1v) is 8.44. The molecule has 3 aromatic rings. The van der Waals surface area contributed by atoms with Crippen LogP contribution < -0.4 is 20.5 Å². The predicted octanol–water partition coefficient (Wildman–Crippen LogP) is 2.26. The minimum absolute atomic E-state index is 0.175. The van der Waals surface area contributed by atoms with E-state index in [1.54, 1.807) is 35.8 Å². The van der Waals surface area contributed by atoms with Gasteiger partial charge >= 0.3 is 0 Å². The van der Waals surface area contributed by atoms with Gasteiger partial charge in [-0.05, 0) is 18.2 Å². The molecule has 0 bridgehead atoms. The van der Waals surface area contributed by atoms with Gasteiger partial charge in [0.05, 0.1) is 12.8 Å². The summed E-state index contributed by atoms with van der Waals surface area (Å²) in [6, 6.07) is 8.68. The number of hydrogen-bond acceptors (Lipinski definition) is 6. The fraction of sp³-hybridized carbons (Fsp3) is 0.118. The summed E-state index contributed by atoms with van der Waals surface area (Å²) in [6.07, 6.45) is 1.63. The van der Waals surface area contributed by atoms with Gasteiger partial charge in [-0.2, -0.15) is 0 Å². The molecule has 0 fully saturated rings. The number of carbonyl (C=O) groups is 2. The first-order valence-electron chi connectivity index (χ1n) is 7.56. The van der Waals surface area contributed by atoms with E-state index in [0.717, 1.165) is 0 Å². The Morgan fingerprint density at radius 1 is 1.31 bits per heavy atom. The van der Waals surface area contributed by atoms with E-state index in [2.05, 4.69) is 15.3 Å². The van der Waals surface area contributed by atoms with E-state index in [9.17, 15) is 9.59 Å². The van der Waals surface area contributed by atoms with Gasteiger partial charge in [-0.25, -0.2) is 4.98 Å². The van der Waals surface area contributed by atoms with Crippen molar-refractivity contribution in [2.75, 3.05) is 19.0 Å². The maximum absolute atomic E-state index is 12.0. The van der Waals surface area contributed by atoms with Crippen LogP contribution in [0.15, 0.2) is 41.9 Å². The van der Waals surface area contributed by atoms with Gasteiger partial charge in [0.1, 0.15) is 5.69 Å². The molecule has 0 radical (unpaired) electrons. The molecule has 9 heteroatoms. The molecule has 2 aromatic heterocycles. The molecule has 0 aliphatic rings. The van der Waals surface area contributed by atoms with Gasteiger partial charge in [0.25, 0.3) is 11.8 Å². The zero-order valence-corrected chi connectivity index (χ0v) is 14.6. The summed E-state index contributed by atoms with van der Waals surface area (Å²) in [5.74, 6) is 0.142. The van der Waals surface area contributed by atoms with Gasteiger partial charge in [-0.1, -0.05) is 12.1 Å². The van der Waals surface area contributed by atoms with Crippen LogP contribution >= 0.6 is 11.3 Å². The van der Waals surface area contributed by atoms with E-state index in [1.807, 2.05) is 6.07 Å². The highest BCUT2D eigenvalue weighted by molar-refractivity contribution is 7.14. The van der Waals surface area contributed by atoms with Crippen LogP contribution in [0.2, 0.25) is 0 Å². The number of H-pyrrole nitrogens is 1. The first-order chi connectivity index (χ1) is 12.6. The molecule has 2 heterocycles. The van der Waals surface area contributed by atoms with Gasteiger partial charge in [0.15, 0.2) is 23.2 Å². The van der Waals surface area contributed by atoms with Crippen LogP contribution in [-0.4, -0.2) is 35.5 Å². The van der Waals surface area contributed by atoms with Gasteiger partial charge in [0, 0.05) is 17.1 Å². The standard InChI is InChI=1S/C17H16N4O4S/c1-24-13-4-2-3-5-14(13)25-8-15(22)21-17-20-12(9-26-17)10-6-11(16(18)23)19-7-10/h2-7,9,19H,8H2,1H3,(H2,18,23)(H,20,21,22). The van der Waals surface area contributed by atoms with Crippen LogP contribution in [-0.2, 0) is 4.79 Å². The normalized spacial score (nSPS) is 10.3. The fourth-order valence-electron chi connectivity index (χ4n) is 2.18. The van der Waals surface area contributed by atoms with Crippen molar-refractivity contribution in [3.05, 3.63) is 47.6 Å². The van der Waals surface area contributed by atoms with Crippen LogP contribution in [0.3, 0.4) is 0 Å². The molecule has 0 aliphatic carbocycles. The lowest BCUT2D eigenvalue weighted by molar-refractivity contribution is -0.118. The number of aromatic amines is 1. The Labute approximate surface area is 153 Å². The Kier molecular flexibility index (Phi) is 5.18. The number of nitrogens with two attached hydrogens (primary N) is 1. The summed E-state index contributed by atoms with van der Waals surface area (Å²) in [6.45, 7) is -0.175. The van der Waals surface area contributed by atoms with Crippen molar-refractivity contribution in [2.24, 2.45) is 5.73 Å². The number of methoxy groups -OCH3 is 1. The number of thiazole rings is 1. The summed E-state index contributed by atoms with van der Waals surface area (Å²) in [5.41, 5.74) is 6.84. The van der Waals surface area contributed by atoms with Gasteiger partial charge < -0.3 is 20.2 Å². The van der Waals surface area contributed by atoms with Crippen LogP contribution in [0.5, 0.6) is 11.5 Å². The maximum atomic E-state index is 12.0. The van der Waals surface area contributed by atoms with Crippen molar-refractivity contribution < 1.29 is 19.1 Å². The summed E-state index contributed by atoms with van der Waals surface area (Å²) in [7, 11) is 1.53. The zero-order chi connectivity index (χ0) is 18.5. The summed E-state index contributed by atoms with van der Waals surface area (Å²) < 4.78 is 10.6. The monoisotopic (exact) mass is 372 g/mol. The van der Waals surface area contributed by atoms with E-state index in [1.165, 1.54) is 18.4 Å². The highest BCUT2D eigenvalue weighted by Gasteiger charge is 2.12. The Morgan fingerprint density at radius 3 is 2.77 bits per heavy atom. The SMILES string of the molecule is COc1ccccc1OCC(=O)Nc1nc(-c2c[nH]c(C(N)=O)c2)cs1. The highest BCUT2D eigenvalue weighted by Crippen LogP contribution is 2.27. The van der Waals surface area contributed by atoms with Crippen molar-refractivity contribution in [3.8, 4) is 22.8 Å². The first kappa shape index (κ1) is 17.5. The van der Waals surface area contributed by atoms with Crippen molar-refractivity contribution in [1.29, 1.82) is 0 Å². The number of hydrogen-bond donors (Lipinski definition) is 3. The minimum atomic E-state index is -0.548. The van der Waals surface area contributed by atoms with Gasteiger partial charge in [0.2, 0.25) is 0 Å². The third-order valence-corrected chi connectivity index (χ3v) is 4.18. The summed E-state index contributed by atoms with van der Waals surface area (Å²) >= 11 is 1.27. The Bertz CT molecular complexity index is 934. The highest BCUT2D eigenvalue weighted by atomic mass is 32.1. The van der Waals surface area contributed by atoms with Gasteiger partial charge in [-0.15, -0.1) is 11.3 Å². The molecule has 134 valence electrons. The lowest BCUT2D eigenvalue weighted by atomic mass is 10.2. The average Bonchev–Trinajstić information content (AvgIpc) is 3.29. The second kappa shape index (κ2) is 7.70. The lowest BCUT2D eigenvalue weighted by Crippen LogP contribution is -2.20. The molecular weight excluding hydrogens is 356 g/mol. The van der Waals surface area contributed by atoms with E-state index >= 15 is 0 Å². The molecule has 8 nitrogen and oxygen atoms in total. The van der Waals surface area contributed by atoms with Crippen LogP contribution in [0.25, 0.3) is 11.3 Å². The molecule has 26 heavy (non-hydrogen) atoms. The van der Waals surface area contributed by atoms with Crippen molar-refractivity contribution in [1.82, 2.24) is 9.97 Å². The average molecular weight is 372 g/mol. The number of benzene rings is 1. The molecule has 4 N–H and O–H groups in total. The number of para-hydroxylation sites is 2. The fourth-order valence-corrected chi connectivity index (χ4v) is 2.92. The van der Waals surface area contributed by atoms with E-state index in [-0.39, 0.29) is 12.5 Å². The number of nitrogens with zero attached hydrogens (tertiary/aromatic N) is 1. The maximum Gasteiger partial charge on any atom is 0.265 e. The largest absolute Gasteiger partial charge is 0.493 e. The number of carbonyl (C=O) groups excluding carboxylic acids is 2. The third-order valence-electron chi connectivity index (χ3n) is 3.42. The number of primary amides is 1. The molecule has 0 unspecified atom stereocenters. The van der Waals surface area contributed by atoms with Crippen LogP contribution in [0.4, 0.5) is 5.13 Å². The second-order valence-corrected chi connectivity index (χ2v) is 6.05. The third kappa shape index (κ3) is 4.01. The van der Waals surface area contributed by atoms with Crippen molar-refractivity contribution in [3.63, 3.8) is 0 Å². The van der Waals surface area contributed by atoms with Gasteiger partial charge in [-0.3, -0.25) is 14.9 Å². The van der Waals surface area contributed by atoms with Crippen LogP contribution in [0.1, 0.15) is 10.5 Å². The molecule has 0 aliphatic heterocycles. The van der Waals surface area contributed by atoms with Crippen LogP contribution in [0, 0.1) is 0 Å². The number of rotatable bonds is 7. The number of nitrogens with one attached hydrogen (secondary N) is 2. The quantitative estimate of drug-likeness (QED) is 0.588. The summed E-state index contributed by atoms with van der Waals surface area (Å²) in [4.78, 5) is 30.3. The number of ether oxygens (including phenoxy) is 2. The number of amides is 2. The molecule has 0 spiro atoms. The lowest BCUT2D eigenvalue weighted by Gasteiger charge is -2.09.